The summed E-state index contributed by atoms with van der Waals surface area (Å²) in [5.41, 5.74) is 0.389. The zero-order valence-electron chi connectivity index (χ0n) is 20.3. The fourth-order valence-corrected chi connectivity index (χ4v) is 4.62. The molecule has 0 radical (unpaired) electrons. The largest absolute Gasteiger partial charge is 0.455 e. The van der Waals surface area contributed by atoms with Crippen LogP contribution in [-0.2, 0) is 17.8 Å². The number of para-hydroxylation sites is 1. The minimum atomic E-state index is -0.779. The van der Waals surface area contributed by atoms with E-state index in [0.29, 0.717) is 43.3 Å². The molecule has 1 aliphatic rings. The van der Waals surface area contributed by atoms with Crippen molar-refractivity contribution in [1.29, 1.82) is 0 Å². The molecular weight excluding hydrogens is 462 g/mol. The Morgan fingerprint density at radius 3 is 2.72 bits per heavy atom. The number of nitrogens with one attached hydrogen (secondary N) is 1. The average Bonchev–Trinajstić information content (AvgIpc) is 3.55. The first kappa shape index (κ1) is 25.6. The fraction of sp³-hybridized carbons (Fsp3) is 0.462. The molecule has 1 fully saturated rings. The fourth-order valence-electron chi connectivity index (χ4n) is 4.62. The highest BCUT2D eigenvalue weighted by Gasteiger charge is 2.29. The minimum Gasteiger partial charge on any atom is -0.455 e. The molecule has 1 aromatic carbocycles. The number of ether oxygens (including phenoxy) is 1. The summed E-state index contributed by atoms with van der Waals surface area (Å²) < 4.78 is 8.76. The normalized spacial score (nSPS) is 14.6. The number of carbonyl (C=O) groups excluding carboxylic acids is 1. The first-order valence-electron chi connectivity index (χ1n) is 12.5. The Bertz CT molecular complexity index is 1200. The second-order valence-electron chi connectivity index (χ2n) is 9.09. The van der Waals surface area contributed by atoms with Crippen LogP contribution in [0, 0.1) is 5.92 Å². The average molecular weight is 496 g/mol. The van der Waals surface area contributed by atoms with Crippen molar-refractivity contribution in [1.82, 2.24) is 19.6 Å². The molecule has 192 valence electrons. The van der Waals surface area contributed by atoms with E-state index in [2.05, 4.69) is 15.5 Å². The van der Waals surface area contributed by atoms with Gasteiger partial charge in [0.1, 0.15) is 11.8 Å². The number of nitrogens with zero attached hydrogens (tertiary/aromatic N) is 4. The third-order valence-corrected chi connectivity index (χ3v) is 6.45. The van der Waals surface area contributed by atoms with Gasteiger partial charge >= 0.3 is 0 Å². The lowest BCUT2D eigenvalue weighted by molar-refractivity contribution is -0.120. The van der Waals surface area contributed by atoms with Crippen molar-refractivity contribution < 1.29 is 19.7 Å². The van der Waals surface area contributed by atoms with Crippen molar-refractivity contribution in [2.75, 3.05) is 18.5 Å². The van der Waals surface area contributed by atoms with E-state index in [1.54, 1.807) is 23.0 Å². The standard InChI is InChI=1S/C26H33N5O5/c32-14-5-12-30-13-10-24(29-30)28-26(35)22(16-19-6-1-2-7-19)31-25(34)17-21(18-27-31)36-23-9-4-3-8-20(23)11-15-33/h3-4,8-10,13,17-19,22,32-33H,1-2,5-7,11-12,14-16H2,(H,28,29,35). The van der Waals surface area contributed by atoms with Gasteiger partial charge in [-0.1, -0.05) is 43.9 Å². The van der Waals surface area contributed by atoms with Crippen LogP contribution in [0.15, 0.2) is 53.6 Å². The Kier molecular flexibility index (Phi) is 8.85. The lowest BCUT2D eigenvalue weighted by Gasteiger charge is -2.21. The summed E-state index contributed by atoms with van der Waals surface area (Å²) in [5, 5.41) is 29.8. The summed E-state index contributed by atoms with van der Waals surface area (Å²) in [6.45, 7) is 0.589. The zero-order valence-corrected chi connectivity index (χ0v) is 20.3. The summed E-state index contributed by atoms with van der Waals surface area (Å²) in [7, 11) is 0. The molecule has 0 aliphatic heterocycles. The van der Waals surface area contributed by atoms with Crippen LogP contribution in [0.1, 0.15) is 50.1 Å². The molecule has 1 saturated carbocycles. The van der Waals surface area contributed by atoms with E-state index < -0.39 is 11.6 Å². The maximum atomic E-state index is 13.3. The van der Waals surface area contributed by atoms with Crippen LogP contribution < -0.4 is 15.6 Å². The number of rotatable bonds is 12. The molecule has 0 saturated heterocycles. The van der Waals surface area contributed by atoms with E-state index in [1.807, 2.05) is 18.2 Å². The van der Waals surface area contributed by atoms with Gasteiger partial charge in [-0.2, -0.15) is 10.2 Å². The van der Waals surface area contributed by atoms with Gasteiger partial charge in [0.05, 0.1) is 6.20 Å². The summed E-state index contributed by atoms with van der Waals surface area (Å²) in [6.07, 6.45) is 8.99. The first-order valence-corrected chi connectivity index (χ1v) is 12.5. The zero-order chi connectivity index (χ0) is 25.3. The molecule has 1 aliphatic carbocycles. The number of hydrogen-bond donors (Lipinski definition) is 3. The summed E-state index contributed by atoms with van der Waals surface area (Å²) in [5.74, 6) is 1.21. The molecule has 1 unspecified atom stereocenters. The highest BCUT2D eigenvalue weighted by molar-refractivity contribution is 5.92. The molecule has 10 heteroatoms. The molecule has 0 bridgehead atoms. The van der Waals surface area contributed by atoms with Crippen molar-refractivity contribution in [2.24, 2.45) is 5.92 Å². The van der Waals surface area contributed by atoms with E-state index in [-0.39, 0.29) is 24.9 Å². The van der Waals surface area contributed by atoms with Gasteiger partial charge in [0.15, 0.2) is 11.6 Å². The van der Waals surface area contributed by atoms with Crippen molar-refractivity contribution in [3.05, 3.63) is 64.7 Å². The van der Waals surface area contributed by atoms with Crippen LogP contribution in [0.3, 0.4) is 0 Å². The number of aromatic nitrogens is 4. The minimum absolute atomic E-state index is 0.0160. The van der Waals surface area contributed by atoms with E-state index in [0.717, 1.165) is 31.2 Å². The number of aryl methyl sites for hydroxylation is 1. The van der Waals surface area contributed by atoms with Crippen LogP contribution >= 0.6 is 0 Å². The Morgan fingerprint density at radius 1 is 1.17 bits per heavy atom. The number of amides is 1. The van der Waals surface area contributed by atoms with E-state index >= 15 is 0 Å². The van der Waals surface area contributed by atoms with Crippen LogP contribution in [0.4, 0.5) is 5.82 Å². The van der Waals surface area contributed by atoms with Gasteiger partial charge < -0.3 is 20.3 Å². The summed E-state index contributed by atoms with van der Waals surface area (Å²) >= 11 is 0. The van der Waals surface area contributed by atoms with Gasteiger partial charge in [0, 0.05) is 38.1 Å². The van der Waals surface area contributed by atoms with Crippen molar-refractivity contribution in [2.45, 2.75) is 57.5 Å². The quantitative estimate of drug-likeness (QED) is 0.352. The molecule has 10 nitrogen and oxygen atoms in total. The maximum Gasteiger partial charge on any atom is 0.271 e. The lowest BCUT2D eigenvalue weighted by atomic mass is 9.98. The predicted molar refractivity (Wildman–Crippen MR) is 134 cm³/mol. The highest BCUT2D eigenvalue weighted by atomic mass is 16.5. The van der Waals surface area contributed by atoms with Gasteiger partial charge in [-0.15, -0.1) is 0 Å². The summed E-state index contributed by atoms with van der Waals surface area (Å²) in [4.78, 5) is 26.4. The molecule has 1 atom stereocenters. The molecule has 4 rings (SSSR count). The van der Waals surface area contributed by atoms with Gasteiger partial charge in [-0.25, -0.2) is 4.68 Å². The Morgan fingerprint density at radius 2 is 1.97 bits per heavy atom. The number of aliphatic hydroxyl groups excluding tert-OH is 2. The van der Waals surface area contributed by atoms with Crippen molar-refractivity contribution >= 4 is 11.7 Å². The van der Waals surface area contributed by atoms with Gasteiger partial charge in [-0.3, -0.25) is 14.3 Å². The Labute approximate surface area is 209 Å². The predicted octanol–water partition coefficient (Wildman–Crippen LogP) is 2.91. The van der Waals surface area contributed by atoms with Crippen molar-refractivity contribution in [3.63, 3.8) is 0 Å². The molecule has 2 heterocycles. The molecule has 3 aromatic rings. The Balaban J connectivity index is 1.53. The number of anilines is 1. The van der Waals surface area contributed by atoms with E-state index in [4.69, 9.17) is 9.84 Å². The van der Waals surface area contributed by atoms with Crippen LogP contribution in [0.25, 0.3) is 0 Å². The number of hydrogen-bond acceptors (Lipinski definition) is 7. The number of benzene rings is 1. The van der Waals surface area contributed by atoms with Crippen LogP contribution in [-0.4, -0.2) is 48.9 Å². The second-order valence-corrected chi connectivity index (χ2v) is 9.09. The second kappa shape index (κ2) is 12.5. The molecule has 36 heavy (non-hydrogen) atoms. The van der Waals surface area contributed by atoms with Crippen LogP contribution in [0.2, 0.25) is 0 Å². The van der Waals surface area contributed by atoms with E-state index in [1.165, 1.54) is 16.9 Å². The smallest absolute Gasteiger partial charge is 0.271 e. The molecule has 1 amide bonds. The maximum absolute atomic E-state index is 13.3. The highest BCUT2D eigenvalue weighted by Crippen LogP contribution is 2.32. The van der Waals surface area contributed by atoms with Crippen LogP contribution in [0.5, 0.6) is 11.5 Å². The Hall–Kier alpha value is -3.50. The topological polar surface area (TPSA) is 132 Å². The van der Waals surface area contributed by atoms with E-state index in [9.17, 15) is 14.7 Å². The van der Waals surface area contributed by atoms with Gasteiger partial charge in [0.25, 0.3) is 11.5 Å². The molecule has 2 aromatic heterocycles. The van der Waals surface area contributed by atoms with Gasteiger partial charge in [-0.05, 0) is 36.8 Å². The SMILES string of the molecule is O=C(Nc1ccn(CCCO)n1)C(CC1CCCC1)n1ncc(Oc2ccccc2CCO)cc1=O. The third-order valence-electron chi connectivity index (χ3n) is 6.45. The number of carbonyl (C=O) groups is 1. The van der Waals surface area contributed by atoms with Gasteiger partial charge in [0.2, 0.25) is 0 Å². The summed E-state index contributed by atoms with van der Waals surface area (Å²) in [6, 6.07) is 9.55. The lowest BCUT2D eigenvalue weighted by Crippen LogP contribution is -2.36. The monoisotopic (exact) mass is 495 g/mol. The molecular formula is C26H33N5O5. The van der Waals surface area contributed by atoms with Crippen molar-refractivity contribution in [3.8, 4) is 11.5 Å². The molecule has 3 N–H and O–H groups in total. The third kappa shape index (κ3) is 6.58. The first-order chi connectivity index (χ1) is 17.6. The number of aliphatic hydroxyl groups is 2. The molecule has 0 spiro atoms.